The third-order valence-corrected chi connectivity index (χ3v) is 2.96. The van der Waals surface area contributed by atoms with Crippen molar-refractivity contribution in [2.75, 3.05) is 17.2 Å². The second-order valence-corrected chi connectivity index (χ2v) is 4.40. The minimum atomic E-state index is -1.12. The highest BCUT2D eigenvalue weighted by atomic mass is 16.6. The molecule has 21 heavy (non-hydrogen) atoms. The van der Waals surface area contributed by atoms with E-state index in [1.807, 2.05) is 0 Å². The lowest BCUT2D eigenvalue weighted by molar-refractivity contribution is -0.384. The highest BCUT2D eigenvalue weighted by Gasteiger charge is 2.26. The molecule has 0 aromatic heterocycles. The summed E-state index contributed by atoms with van der Waals surface area (Å²) >= 11 is 0. The van der Waals surface area contributed by atoms with Gasteiger partial charge in [-0.25, -0.2) is 4.79 Å². The zero-order valence-corrected chi connectivity index (χ0v) is 11.1. The smallest absolute Gasteiger partial charge is 0.326 e. The van der Waals surface area contributed by atoms with E-state index in [0.717, 1.165) is 6.07 Å². The number of hydrogen-bond donors (Lipinski definition) is 3. The van der Waals surface area contributed by atoms with Gasteiger partial charge < -0.3 is 20.5 Å². The van der Waals surface area contributed by atoms with E-state index in [9.17, 15) is 19.7 Å². The molecule has 0 radical (unpaired) electrons. The maximum atomic E-state index is 11.3. The minimum Gasteiger partial charge on any atom is -0.481 e. The number of carboxylic acids is 1. The molecule has 1 amide bonds. The number of carboxylic acid groups (broad SMARTS) is 1. The summed E-state index contributed by atoms with van der Waals surface area (Å²) in [6.45, 7) is 1.42. The van der Waals surface area contributed by atoms with Crippen molar-refractivity contribution in [1.29, 1.82) is 0 Å². The number of anilines is 2. The topological polar surface area (TPSA) is 131 Å². The molecule has 0 saturated carbocycles. The third-order valence-electron chi connectivity index (χ3n) is 2.96. The molecule has 9 nitrogen and oxygen atoms in total. The van der Waals surface area contributed by atoms with Crippen LogP contribution < -0.4 is 15.4 Å². The fourth-order valence-electron chi connectivity index (χ4n) is 1.91. The van der Waals surface area contributed by atoms with Crippen LogP contribution in [0.3, 0.4) is 0 Å². The van der Waals surface area contributed by atoms with Gasteiger partial charge in [0.1, 0.15) is 11.7 Å². The minimum absolute atomic E-state index is 0.0128. The summed E-state index contributed by atoms with van der Waals surface area (Å²) < 4.78 is 5.10. The largest absolute Gasteiger partial charge is 0.481 e. The predicted octanol–water partition coefficient (Wildman–Crippen LogP) is 1.20. The summed E-state index contributed by atoms with van der Waals surface area (Å²) in [5.41, 5.74) is -0.0389. The second-order valence-electron chi connectivity index (χ2n) is 4.40. The van der Waals surface area contributed by atoms with E-state index in [1.54, 1.807) is 6.92 Å². The molecule has 1 aliphatic heterocycles. The Kier molecular flexibility index (Phi) is 3.92. The molecule has 1 heterocycles. The van der Waals surface area contributed by atoms with Crippen LogP contribution >= 0.6 is 0 Å². The zero-order valence-electron chi connectivity index (χ0n) is 11.1. The normalized spacial score (nSPS) is 14.4. The molecule has 0 fully saturated rings. The van der Waals surface area contributed by atoms with E-state index in [2.05, 4.69) is 10.6 Å². The van der Waals surface area contributed by atoms with Gasteiger partial charge in [-0.2, -0.15) is 0 Å². The van der Waals surface area contributed by atoms with Crippen molar-refractivity contribution in [2.45, 2.75) is 19.4 Å². The van der Waals surface area contributed by atoms with Crippen LogP contribution in [0.2, 0.25) is 0 Å². The molecule has 1 atom stereocenters. The van der Waals surface area contributed by atoms with Crippen molar-refractivity contribution < 1.29 is 24.4 Å². The Labute approximate surface area is 119 Å². The molecule has 1 unspecified atom stereocenters. The Morgan fingerprint density at radius 2 is 2.33 bits per heavy atom. The Bertz CT molecular complexity index is 615. The Balaban J connectivity index is 2.43. The molecule has 0 bridgehead atoms. The summed E-state index contributed by atoms with van der Waals surface area (Å²) in [7, 11) is 0. The van der Waals surface area contributed by atoms with E-state index >= 15 is 0 Å². The molecule has 112 valence electrons. The first-order chi connectivity index (χ1) is 9.92. The van der Waals surface area contributed by atoms with E-state index in [0.29, 0.717) is 0 Å². The van der Waals surface area contributed by atoms with Crippen molar-refractivity contribution in [3.8, 4) is 5.75 Å². The van der Waals surface area contributed by atoms with Gasteiger partial charge in [0, 0.05) is 0 Å². The first kappa shape index (κ1) is 14.6. The lowest BCUT2D eigenvalue weighted by atomic mass is 10.1. The number of hydrogen-bond acceptors (Lipinski definition) is 6. The first-order valence-corrected chi connectivity index (χ1v) is 6.16. The van der Waals surface area contributed by atoms with Crippen molar-refractivity contribution in [2.24, 2.45) is 0 Å². The fraction of sp³-hybridized carbons (Fsp3) is 0.333. The van der Waals surface area contributed by atoms with Crippen LogP contribution in [0.4, 0.5) is 17.1 Å². The predicted molar refractivity (Wildman–Crippen MR) is 72.6 cm³/mol. The molecule has 1 aromatic rings. The van der Waals surface area contributed by atoms with Crippen molar-refractivity contribution in [3.63, 3.8) is 0 Å². The number of nitro benzene ring substituents is 1. The molecule has 1 aromatic carbocycles. The number of nitrogens with zero attached hydrogens (tertiary/aromatic N) is 1. The lowest BCUT2D eigenvalue weighted by Crippen LogP contribution is -2.29. The molecule has 3 N–H and O–H groups in total. The SMILES string of the molecule is CCC(Nc1cc2c(cc1[N+](=O)[O-])OCC(=O)N2)C(=O)O. The van der Waals surface area contributed by atoms with Crippen LogP contribution in [0.5, 0.6) is 5.75 Å². The number of rotatable bonds is 5. The van der Waals surface area contributed by atoms with Crippen molar-refractivity contribution >= 4 is 28.9 Å². The average molecular weight is 295 g/mol. The monoisotopic (exact) mass is 295 g/mol. The highest BCUT2D eigenvalue weighted by Crippen LogP contribution is 2.38. The molecular formula is C12H13N3O6. The maximum Gasteiger partial charge on any atom is 0.326 e. The van der Waals surface area contributed by atoms with Gasteiger partial charge in [0.05, 0.1) is 16.7 Å². The number of carbonyl (C=O) groups is 2. The zero-order chi connectivity index (χ0) is 15.6. The summed E-state index contributed by atoms with van der Waals surface area (Å²) in [6.07, 6.45) is 0.242. The van der Waals surface area contributed by atoms with Gasteiger partial charge in [-0.1, -0.05) is 6.92 Å². The van der Waals surface area contributed by atoms with Crippen LogP contribution in [0.1, 0.15) is 13.3 Å². The Morgan fingerprint density at radius 1 is 1.62 bits per heavy atom. The molecular weight excluding hydrogens is 282 g/mol. The van der Waals surface area contributed by atoms with E-state index < -0.39 is 16.9 Å². The number of ether oxygens (including phenoxy) is 1. The molecule has 0 aliphatic carbocycles. The van der Waals surface area contributed by atoms with E-state index in [1.165, 1.54) is 6.07 Å². The van der Waals surface area contributed by atoms with Crippen molar-refractivity contribution in [3.05, 3.63) is 22.2 Å². The fourth-order valence-corrected chi connectivity index (χ4v) is 1.91. The molecule has 1 aliphatic rings. The lowest BCUT2D eigenvalue weighted by Gasteiger charge is -2.20. The van der Waals surface area contributed by atoms with Gasteiger partial charge in [0.25, 0.3) is 11.6 Å². The van der Waals surface area contributed by atoms with Gasteiger partial charge >= 0.3 is 5.97 Å². The third kappa shape index (κ3) is 3.02. The first-order valence-electron chi connectivity index (χ1n) is 6.16. The van der Waals surface area contributed by atoms with Crippen LogP contribution in [0.15, 0.2) is 12.1 Å². The molecule has 9 heteroatoms. The van der Waals surface area contributed by atoms with Crippen LogP contribution in [-0.4, -0.2) is 34.6 Å². The number of benzene rings is 1. The standard InChI is InChI=1S/C12H13N3O6/c1-2-6(12(17)18)13-7-3-8-10(4-9(7)15(19)20)21-5-11(16)14-8/h3-4,6,13H,2,5H2,1H3,(H,14,16)(H,17,18). The average Bonchev–Trinajstić information content (AvgIpc) is 2.43. The molecule has 0 saturated heterocycles. The van der Waals surface area contributed by atoms with Crippen LogP contribution in [0, 0.1) is 10.1 Å². The Morgan fingerprint density at radius 3 is 2.90 bits per heavy atom. The van der Waals surface area contributed by atoms with Gasteiger partial charge in [-0.3, -0.25) is 14.9 Å². The van der Waals surface area contributed by atoms with Gasteiger partial charge in [0.2, 0.25) is 0 Å². The number of aliphatic carboxylic acids is 1. The van der Waals surface area contributed by atoms with Crippen LogP contribution in [0.25, 0.3) is 0 Å². The van der Waals surface area contributed by atoms with E-state index in [-0.39, 0.29) is 41.7 Å². The summed E-state index contributed by atoms with van der Waals surface area (Å²) in [4.78, 5) is 32.7. The van der Waals surface area contributed by atoms with Gasteiger partial charge in [0.15, 0.2) is 12.4 Å². The molecule has 0 spiro atoms. The highest BCUT2D eigenvalue weighted by molar-refractivity contribution is 5.97. The molecule has 2 rings (SSSR count). The summed E-state index contributed by atoms with van der Waals surface area (Å²) in [5.74, 6) is -1.33. The van der Waals surface area contributed by atoms with Gasteiger partial charge in [-0.05, 0) is 12.5 Å². The quantitative estimate of drug-likeness (QED) is 0.549. The maximum absolute atomic E-state index is 11.3. The Hall–Kier alpha value is -2.84. The summed E-state index contributed by atoms with van der Waals surface area (Å²) in [6, 6.07) is 1.49. The van der Waals surface area contributed by atoms with Gasteiger partial charge in [-0.15, -0.1) is 0 Å². The second kappa shape index (κ2) is 5.65. The van der Waals surface area contributed by atoms with E-state index in [4.69, 9.17) is 9.84 Å². The number of nitro groups is 1. The number of nitrogens with one attached hydrogen (secondary N) is 2. The van der Waals surface area contributed by atoms with Crippen molar-refractivity contribution in [1.82, 2.24) is 0 Å². The van der Waals surface area contributed by atoms with Crippen LogP contribution in [-0.2, 0) is 9.59 Å². The number of carbonyl (C=O) groups excluding carboxylic acids is 1. The number of amides is 1. The number of fused-ring (bicyclic) bond motifs is 1. The summed E-state index contributed by atoms with van der Waals surface area (Å²) in [5, 5.41) is 25.2.